The summed E-state index contributed by atoms with van der Waals surface area (Å²) in [5, 5.41) is 5.91. The maximum atomic E-state index is 12.6. The zero-order valence-corrected chi connectivity index (χ0v) is 15.5. The summed E-state index contributed by atoms with van der Waals surface area (Å²) < 4.78 is 4.69. The molecule has 0 radical (unpaired) electrons. The minimum absolute atomic E-state index is 0.216. The summed E-state index contributed by atoms with van der Waals surface area (Å²) in [6, 6.07) is 11.9. The van der Waals surface area contributed by atoms with Gasteiger partial charge in [0.05, 0.1) is 12.7 Å². The van der Waals surface area contributed by atoms with E-state index in [-0.39, 0.29) is 5.69 Å². The Balaban J connectivity index is 1.73. The molecule has 2 N–H and O–H groups in total. The molecule has 0 aliphatic carbocycles. The van der Waals surface area contributed by atoms with Crippen LogP contribution >= 0.6 is 0 Å². The van der Waals surface area contributed by atoms with Gasteiger partial charge in [0.1, 0.15) is 17.3 Å². The maximum absolute atomic E-state index is 12.6. The molecular weight excluding hydrogens is 358 g/mol. The van der Waals surface area contributed by atoms with Gasteiger partial charge in [-0.1, -0.05) is 6.07 Å². The summed E-state index contributed by atoms with van der Waals surface area (Å²) in [4.78, 5) is 36.7. The molecule has 8 nitrogen and oxygen atoms in total. The molecule has 1 aromatic carbocycles. The maximum Gasteiger partial charge on any atom is 0.337 e. The van der Waals surface area contributed by atoms with E-state index in [2.05, 4.69) is 25.6 Å². The van der Waals surface area contributed by atoms with Crippen molar-refractivity contribution in [2.45, 2.75) is 13.5 Å². The number of hydrogen-bond donors (Lipinski definition) is 2. The summed E-state index contributed by atoms with van der Waals surface area (Å²) in [6.45, 7) is 2.26. The van der Waals surface area contributed by atoms with Crippen LogP contribution in [0.25, 0.3) is 0 Å². The number of rotatable bonds is 6. The summed E-state index contributed by atoms with van der Waals surface area (Å²) in [6.07, 6.45) is 3.42. The average Bonchev–Trinajstić information content (AvgIpc) is 2.72. The Bertz CT molecular complexity index is 992. The molecule has 0 saturated heterocycles. The number of amides is 1. The lowest BCUT2D eigenvalue weighted by Gasteiger charge is -2.10. The second-order valence-electron chi connectivity index (χ2n) is 5.92. The molecule has 2 heterocycles. The predicted octanol–water partition coefficient (Wildman–Crippen LogP) is 2.83. The third kappa shape index (κ3) is 4.88. The van der Waals surface area contributed by atoms with Crippen molar-refractivity contribution in [3.05, 3.63) is 77.5 Å². The first kappa shape index (κ1) is 19.0. The van der Waals surface area contributed by atoms with E-state index < -0.39 is 11.9 Å². The Morgan fingerprint density at radius 3 is 2.61 bits per heavy atom. The minimum Gasteiger partial charge on any atom is -0.465 e. The van der Waals surface area contributed by atoms with Crippen LogP contribution in [0.15, 0.2) is 54.9 Å². The molecule has 3 rings (SSSR count). The Hall–Kier alpha value is -3.81. The fourth-order valence-electron chi connectivity index (χ4n) is 2.50. The van der Waals surface area contributed by atoms with Crippen LogP contribution in [0.3, 0.4) is 0 Å². The van der Waals surface area contributed by atoms with Gasteiger partial charge in [-0.2, -0.15) is 0 Å². The number of benzene rings is 1. The Morgan fingerprint density at radius 1 is 1.07 bits per heavy atom. The highest BCUT2D eigenvalue weighted by atomic mass is 16.5. The number of hydrogen-bond acceptors (Lipinski definition) is 7. The van der Waals surface area contributed by atoms with Crippen molar-refractivity contribution in [1.82, 2.24) is 15.0 Å². The lowest BCUT2D eigenvalue weighted by molar-refractivity contribution is 0.0600. The van der Waals surface area contributed by atoms with Crippen molar-refractivity contribution in [3.63, 3.8) is 0 Å². The number of esters is 1. The molecule has 0 bridgehead atoms. The molecule has 0 spiro atoms. The number of nitrogens with one attached hydrogen (secondary N) is 2. The molecule has 0 atom stereocenters. The number of nitrogens with zero attached hydrogens (tertiary/aromatic N) is 3. The van der Waals surface area contributed by atoms with E-state index in [1.807, 2.05) is 12.1 Å². The second-order valence-corrected chi connectivity index (χ2v) is 5.92. The SMILES string of the molecule is COC(=O)c1cccc(NC(=O)c2cc(NCc3ccncc3)nc(C)n2)c1. The Labute approximate surface area is 162 Å². The highest BCUT2D eigenvalue weighted by Gasteiger charge is 2.12. The number of pyridine rings is 1. The number of anilines is 2. The number of methoxy groups -OCH3 is 1. The van der Waals surface area contributed by atoms with Gasteiger partial charge in [0.2, 0.25) is 0 Å². The van der Waals surface area contributed by atoms with Crippen LogP contribution in [0.1, 0.15) is 32.2 Å². The number of carbonyl (C=O) groups is 2. The van der Waals surface area contributed by atoms with Gasteiger partial charge in [0, 0.05) is 30.7 Å². The zero-order chi connectivity index (χ0) is 19.9. The lowest BCUT2D eigenvalue weighted by atomic mass is 10.2. The largest absolute Gasteiger partial charge is 0.465 e. The first-order valence-electron chi connectivity index (χ1n) is 8.53. The smallest absolute Gasteiger partial charge is 0.337 e. The fourth-order valence-corrected chi connectivity index (χ4v) is 2.50. The quantitative estimate of drug-likeness (QED) is 0.636. The normalized spacial score (nSPS) is 10.2. The summed E-state index contributed by atoms with van der Waals surface area (Å²) >= 11 is 0. The molecule has 3 aromatic rings. The van der Waals surface area contributed by atoms with E-state index in [1.165, 1.54) is 7.11 Å². The van der Waals surface area contributed by atoms with Gasteiger partial charge in [-0.15, -0.1) is 0 Å². The second kappa shape index (κ2) is 8.72. The van der Waals surface area contributed by atoms with E-state index in [9.17, 15) is 9.59 Å². The summed E-state index contributed by atoms with van der Waals surface area (Å²) in [5.41, 5.74) is 2.07. The number of aryl methyl sites for hydroxylation is 1. The number of aromatic nitrogens is 3. The summed E-state index contributed by atoms with van der Waals surface area (Å²) in [7, 11) is 1.30. The number of ether oxygens (including phenoxy) is 1. The molecule has 28 heavy (non-hydrogen) atoms. The summed E-state index contributed by atoms with van der Waals surface area (Å²) in [5.74, 6) is 0.127. The van der Waals surface area contributed by atoms with E-state index in [4.69, 9.17) is 4.74 Å². The first-order chi connectivity index (χ1) is 13.5. The van der Waals surface area contributed by atoms with E-state index >= 15 is 0 Å². The minimum atomic E-state index is -0.475. The standard InChI is InChI=1S/C20H19N5O3/c1-13-23-17(11-18(24-13)22-12-14-6-8-21-9-7-14)19(26)25-16-5-3-4-15(10-16)20(27)28-2/h3-11H,12H2,1-2H3,(H,25,26)(H,22,23,24). The third-order valence-corrected chi connectivity index (χ3v) is 3.84. The highest BCUT2D eigenvalue weighted by Crippen LogP contribution is 2.14. The molecular formula is C20H19N5O3. The monoisotopic (exact) mass is 377 g/mol. The molecule has 0 fully saturated rings. The molecule has 1 amide bonds. The van der Waals surface area contributed by atoms with Crippen molar-refractivity contribution >= 4 is 23.4 Å². The van der Waals surface area contributed by atoms with Crippen LogP contribution in [0.2, 0.25) is 0 Å². The van der Waals surface area contributed by atoms with Crippen LogP contribution in [0.4, 0.5) is 11.5 Å². The van der Waals surface area contributed by atoms with Crippen LogP contribution < -0.4 is 10.6 Å². The van der Waals surface area contributed by atoms with Crippen molar-refractivity contribution < 1.29 is 14.3 Å². The van der Waals surface area contributed by atoms with Gasteiger partial charge in [-0.05, 0) is 42.8 Å². The molecule has 0 aliphatic heterocycles. The molecule has 0 aliphatic rings. The van der Waals surface area contributed by atoms with Gasteiger partial charge in [-0.3, -0.25) is 9.78 Å². The average molecular weight is 377 g/mol. The van der Waals surface area contributed by atoms with Gasteiger partial charge < -0.3 is 15.4 Å². The van der Waals surface area contributed by atoms with Gasteiger partial charge >= 0.3 is 5.97 Å². The van der Waals surface area contributed by atoms with Crippen LogP contribution in [-0.2, 0) is 11.3 Å². The highest BCUT2D eigenvalue weighted by molar-refractivity contribution is 6.04. The molecule has 8 heteroatoms. The molecule has 2 aromatic heterocycles. The van der Waals surface area contributed by atoms with Crippen molar-refractivity contribution in [2.24, 2.45) is 0 Å². The Kier molecular flexibility index (Phi) is 5.91. The lowest BCUT2D eigenvalue weighted by Crippen LogP contribution is -2.16. The van der Waals surface area contributed by atoms with Crippen LogP contribution in [0.5, 0.6) is 0 Å². The molecule has 142 valence electrons. The zero-order valence-electron chi connectivity index (χ0n) is 15.5. The van der Waals surface area contributed by atoms with Gasteiger partial charge in [0.25, 0.3) is 5.91 Å². The fraction of sp³-hybridized carbons (Fsp3) is 0.150. The van der Waals surface area contributed by atoms with Crippen LogP contribution in [0, 0.1) is 6.92 Å². The van der Waals surface area contributed by atoms with Gasteiger partial charge in [-0.25, -0.2) is 14.8 Å². The third-order valence-electron chi connectivity index (χ3n) is 3.84. The van der Waals surface area contributed by atoms with E-state index in [0.29, 0.717) is 29.4 Å². The van der Waals surface area contributed by atoms with E-state index in [1.54, 1.807) is 49.6 Å². The van der Waals surface area contributed by atoms with Gasteiger partial charge in [0.15, 0.2) is 0 Å². The van der Waals surface area contributed by atoms with E-state index in [0.717, 1.165) is 5.56 Å². The topological polar surface area (TPSA) is 106 Å². The van der Waals surface area contributed by atoms with Crippen molar-refractivity contribution in [2.75, 3.05) is 17.7 Å². The predicted molar refractivity (Wildman–Crippen MR) is 104 cm³/mol. The first-order valence-corrected chi connectivity index (χ1v) is 8.53. The molecule has 0 saturated carbocycles. The van der Waals surface area contributed by atoms with Crippen molar-refractivity contribution in [3.8, 4) is 0 Å². The Morgan fingerprint density at radius 2 is 1.86 bits per heavy atom. The molecule has 0 unspecified atom stereocenters. The van der Waals surface area contributed by atoms with Crippen molar-refractivity contribution in [1.29, 1.82) is 0 Å². The number of carbonyl (C=O) groups excluding carboxylic acids is 2. The van der Waals surface area contributed by atoms with Crippen LogP contribution in [-0.4, -0.2) is 33.9 Å².